The highest BCUT2D eigenvalue weighted by Crippen LogP contribution is 2.42. The number of carbonyl (C=O) groups is 1. The Kier molecular flexibility index (Phi) is 21.5. The van der Waals surface area contributed by atoms with E-state index in [1.807, 2.05) is 6.08 Å². The highest BCUT2D eigenvalue weighted by Gasteiger charge is 2.43. The van der Waals surface area contributed by atoms with Crippen molar-refractivity contribution in [3.63, 3.8) is 0 Å². The van der Waals surface area contributed by atoms with Crippen LogP contribution in [0.2, 0.25) is 54.4 Å². The quantitative estimate of drug-likeness (QED) is 0.0497. The largest absolute Gasteiger partial charge is 0.459 e. The molecular formula is C44H90O5Si3. The molecule has 0 aromatic carbocycles. The van der Waals surface area contributed by atoms with Crippen LogP contribution >= 0.6 is 0 Å². The molecule has 4 atom stereocenters. The molecule has 1 aliphatic heterocycles. The first kappa shape index (κ1) is 49.8. The number of carbonyl (C=O) groups excluding carboxylic acids is 1. The van der Waals surface area contributed by atoms with Crippen LogP contribution in [0.15, 0.2) is 12.2 Å². The fraction of sp³-hybridized carbons (Fsp3) is 0.932. The lowest BCUT2D eigenvalue weighted by Crippen LogP contribution is -2.48. The van der Waals surface area contributed by atoms with Crippen molar-refractivity contribution >= 4 is 30.9 Å². The molecule has 1 heterocycles. The van der Waals surface area contributed by atoms with Crippen LogP contribution in [0.25, 0.3) is 0 Å². The lowest BCUT2D eigenvalue weighted by Gasteiger charge is -2.43. The van der Waals surface area contributed by atoms with Crippen molar-refractivity contribution in [1.29, 1.82) is 0 Å². The van der Waals surface area contributed by atoms with Gasteiger partial charge in [-0.25, -0.2) is 4.79 Å². The van der Waals surface area contributed by atoms with E-state index in [4.69, 9.17) is 18.0 Å². The van der Waals surface area contributed by atoms with Crippen molar-refractivity contribution < 1.29 is 22.8 Å². The number of rotatable bonds is 26. The maximum Gasteiger partial charge on any atom is 0.330 e. The Hall–Kier alpha value is -0.259. The van der Waals surface area contributed by atoms with Crippen LogP contribution in [0.4, 0.5) is 0 Å². The summed E-state index contributed by atoms with van der Waals surface area (Å²) in [6.07, 6.45) is 25.5. The fourth-order valence-corrected chi connectivity index (χ4v) is 10.5. The molecule has 0 aliphatic carbocycles. The number of hydrogen-bond acceptors (Lipinski definition) is 5. The van der Waals surface area contributed by atoms with E-state index in [9.17, 15) is 4.79 Å². The van der Waals surface area contributed by atoms with Gasteiger partial charge in [0.25, 0.3) is 0 Å². The third-order valence-electron chi connectivity index (χ3n) is 13.0. The number of cyclic esters (lactones) is 1. The zero-order valence-electron chi connectivity index (χ0n) is 37.7. The van der Waals surface area contributed by atoms with Crippen LogP contribution in [0, 0.1) is 0 Å². The summed E-state index contributed by atoms with van der Waals surface area (Å²) in [5, 5.41) is 0.365. The molecule has 0 unspecified atom stereocenters. The summed E-state index contributed by atoms with van der Waals surface area (Å²) in [6.45, 7) is 37.6. The third kappa shape index (κ3) is 19.1. The fourth-order valence-electron chi connectivity index (χ4n) is 6.34. The van der Waals surface area contributed by atoms with Gasteiger partial charge in [-0.15, -0.1) is 0 Å². The molecule has 0 aromatic rings. The topological polar surface area (TPSA) is 54.0 Å². The van der Waals surface area contributed by atoms with Gasteiger partial charge < -0.3 is 18.0 Å². The van der Waals surface area contributed by atoms with E-state index in [0.717, 1.165) is 32.1 Å². The second kappa shape index (κ2) is 22.5. The van der Waals surface area contributed by atoms with E-state index in [-0.39, 0.29) is 45.5 Å². The minimum atomic E-state index is -2.09. The van der Waals surface area contributed by atoms with Crippen molar-refractivity contribution in [2.75, 3.05) is 0 Å². The molecule has 0 spiro atoms. The summed E-state index contributed by atoms with van der Waals surface area (Å²) in [5.74, 6) is -0.236. The number of unbranched alkanes of at least 4 members (excludes halogenated alkanes) is 11. The molecule has 0 bridgehead atoms. The van der Waals surface area contributed by atoms with E-state index >= 15 is 0 Å². The third-order valence-corrected chi connectivity index (χ3v) is 26.6. The highest BCUT2D eigenvalue weighted by atomic mass is 28.4. The van der Waals surface area contributed by atoms with Crippen molar-refractivity contribution in [2.24, 2.45) is 0 Å². The first-order chi connectivity index (χ1) is 23.8. The van der Waals surface area contributed by atoms with Gasteiger partial charge in [0.1, 0.15) is 6.10 Å². The van der Waals surface area contributed by atoms with Crippen LogP contribution in [-0.2, 0) is 22.8 Å². The molecule has 0 saturated heterocycles. The summed E-state index contributed by atoms with van der Waals surface area (Å²) in [4.78, 5) is 12.2. The maximum atomic E-state index is 12.2. The lowest BCUT2D eigenvalue weighted by molar-refractivity contribution is -0.145. The van der Waals surface area contributed by atoms with Crippen molar-refractivity contribution in [2.45, 2.75) is 264 Å². The SMILES string of the molecule is CCCCCCCCCCCCCC[C@@H](CC[C@@H](C[C@@H](C[C@H]1CC=CC(=O)O1)O[Si](C)(C)C(C)(C)C)O[Si](C)(C)C(C)(C)C)O[Si](C)(C)C(C)(C)C. The minimum absolute atomic E-state index is 0.0314. The molecule has 8 heteroatoms. The predicted molar refractivity (Wildman–Crippen MR) is 234 cm³/mol. The summed E-state index contributed by atoms with van der Waals surface area (Å²) >= 11 is 0. The summed E-state index contributed by atoms with van der Waals surface area (Å²) in [5.41, 5.74) is 0. The summed E-state index contributed by atoms with van der Waals surface area (Å²) in [7, 11) is -6.12. The van der Waals surface area contributed by atoms with Gasteiger partial charge in [0.05, 0.1) is 6.10 Å². The second-order valence-electron chi connectivity index (χ2n) is 20.9. The van der Waals surface area contributed by atoms with Crippen molar-refractivity contribution in [3.05, 3.63) is 12.2 Å². The lowest BCUT2D eigenvalue weighted by atomic mass is 9.98. The van der Waals surface area contributed by atoms with Crippen LogP contribution in [0.3, 0.4) is 0 Å². The molecule has 0 fully saturated rings. The molecule has 1 rings (SSSR count). The molecule has 5 nitrogen and oxygen atoms in total. The van der Waals surface area contributed by atoms with Gasteiger partial charge in [0, 0.05) is 31.1 Å². The van der Waals surface area contributed by atoms with Crippen molar-refractivity contribution in [3.8, 4) is 0 Å². The van der Waals surface area contributed by atoms with E-state index in [1.165, 1.54) is 77.0 Å². The van der Waals surface area contributed by atoms with E-state index < -0.39 is 25.0 Å². The molecule has 52 heavy (non-hydrogen) atoms. The zero-order valence-corrected chi connectivity index (χ0v) is 40.7. The molecule has 0 saturated carbocycles. The smallest absolute Gasteiger partial charge is 0.330 e. The molecule has 0 aromatic heterocycles. The van der Waals surface area contributed by atoms with Gasteiger partial charge in [-0.3, -0.25) is 0 Å². The Morgan fingerprint density at radius 1 is 0.596 bits per heavy atom. The van der Waals surface area contributed by atoms with Gasteiger partial charge in [0.15, 0.2) is 25.0 Å². The van der Waals surface area contributed by atoms with Crippen LogP contribution < -0.4 is 0 Å². The Labute approximate surface area is 328 Å². The Morgan fingerprint density at radius 2 is 0.981 bits per heavy atom. The van der Waals surface area contributed by atoms with Crippen LogP contribution in [0.5, 0.6) is 0 Å². The average Bonchev–Trinajstić information content (AvgIpc) is 2.98. The minimum Gasteiger partial charge on any atom is -0.459 e. The van der Waals surface area contributed by atoms with Gasteiger partial charge >= 0.3 is 5.97 Å². The van der Waals surface area contributed by atoms with Gasteiger partial charge in [-0.2, -0.15) is 0 Å². The maximum absolute atomic E-state index is 12.2. The van der Waals surface area contributed by atoms with E-state index in [2.05, 4.69) is 109 Å². The van der Waals surface area contributed by atoms with Gasteiger partial charge in [-0.1, -0.05) is 152 Å². The number of hydrogen-bond donors (Lipinski definition) is 0. The Morgan fingerprint density at radius 3 is 1.40 bits per heavy atom. The second-order valence-corrected chi connectivity index (χ2v) is 35.2. The Balaban J connectivity index is 3.13. The highest BCUT2D eigenvalue weighted by molar-refractivity contribution is 6.75. The van der Waals surface area contributed by atoms with Crippen LogP contribution in [-0.4, -0.2) is 55.3 Å². The monoisotopic (exact) mass is 783 g/mol. The molecule has 0 amide bonds. The Bertz CT molecular complexity index is 1020. The first-order valence-corrected chi connectivity index (χ1v) is 30.4. The molecule has 308 valence electrons. The average molecular weight is 783 g/mol. The van der Waals surface area contributed by atoms with Crippen molar-refractivity contribution in [1.82, 2.24) is 0 Å². The van der Waals surface area contributed by atoms with Crippen LogP contribution in [0.1, 0.15) is 185 Å². The first-order valence-electron chi connectivity index (χ1n) is 21.7. The number of ether oxygens (including phenoxy) is 1. The standard InChI is InChI=1S/C44H90O5Si3/c1-17-18-19-20-21-22-23-24-25-26-27-28-30-37(47-50(11,12)42(2,3)4)33-34-39(48-51(13,14)43(5,6)7)36-40(49-52(15,16)44(8,9)10)35-38-31-29-32-41(45)46-38/h29,32,37-40H,17-28,30-31,33-36H2,1-16H3/t37-,38+,39-,40+/m0/s1. The molecule has 0 radical (unpaired) electrons. The normalized spacial score (nSPS) is 18.4. The summed E-state index contributed by atoms with van der Waals surface area (Å²) < 4.78 is 27.5. The van der Waals surface area contributed by atoms with E-state index in [0.29, 0.717) is 6.42 Å². The molecule has 1 aliphatic rings. The number of esters is 1. The van der Waals surface area contributed by atoms with Gasteiger partial charge in [0.2, 0.25) is 0 Å². The van der Waals surface area contributed by atoms with Gasteiger partial charge in [-0.05, 0) is 80.1 Å². The van der Waals surface area contributed by atoms with E-state index in [1.54, 1.807) is 6.08 Å². The predicted octanol–water partition coefficient (Wildman–Crippen LogP) is 14.7. The summed E-state index contributed by atoms with van der Waals surface area (Å²) in [6, 6.07) is 0. The molecular weight excluding hydrogens is 693 g/mol. The molecule has 0 N–H and O–H groups in total. The zero-order chi connectivity index (χ0) is 39.9.